The summed E-state index contributed by atoms with van der Waals surface area (Å²) < 4.78 is 6.02. The first-order valence-electron chi connectivity index (χ1n) is 9.75. The van der Waals surface area contributed by atoms with E-state index in [-0.39, 0.29) is 35.4 Å². The lowest BCUT2D eigenvalue weighted by atomic mass is 9.40. The van der Waals surface area contributed by atoms with Gasteiger partial charge in [0.25, 0.3) is 0 Å². The number of hydrogen-bond donors (Lipinski definition) is 4. The van der Waals surface area contributed by atoms with E-state index in [2.05, 4.69) is 6.92 Å². The third kappa shape index (κ3) is 1.64. The molecule has 4 aliphatic carbocycles. The van der Waals surface area contributed by atoms with Crippen molar-refractivity contribution >= 4 is 0 Å². The van der Waals surface area contributed by atoms with Crippen LogP contribution in [0.1, 0.15) is 46.0 Å². The van der Waals surface area contributed by atoms with E-state index in [1.165, 1.54) is 5.57 Å². The quantitative estimate of drug-likeness (QED) is 0.530. The van der Waals surface area contributed by atoms with Crippen molar-refractivity contribution in [2.45, 2.75) is 69.9 Å². The van der Waals surface area contributed by atoms with Crippen molar-refractivity contribution in [3.8, 4) is 0 Å². The Morgan fingerprint density at radius 3 is 2.68 bits per heavy atom. The molecule has 5 rings (SSSR count). The molecule has 5 nitrogen and oxygen atoms in total. The maximum Gasteiger partial charge on any atom is 0.0937 e. The van der Waals surface area contributed by atoms with Crippen molar-refractivity contribution < 1.29 is 25.2 Å². The Kier molecular flexibility index (Phi) is 3.13. The molecule has 0 aromatic carbocycles. The van der Waals surface area contributed by atoms with Crippen LogP contribution in [0.25, 0.3) is 0 Å². The highest BCUT2D eigenvalue weighted by Gasteiger charge is 2.74. The van der Waals surface area contributed by atoms with E-state index in [1.54, 1.807) is 0 Å². The van der Waals surface area contributed by atoms with Gasteiger partial charge in [0.05, 0.1) is 37.1 Å². The number of ether oxygens (including phenoxy) is 1. The predicted octanol–water partition coefficient (Wildman–Crippen LogP) is 0.993. The monoisotopic (exact) mass is 350 g/mol. The molecular formula is C20H30O5. The lowest BCUT2D eigenvalue weighted by molar-refractivity contribution is -0.207. The van der Waals surface area contributed by atoms with Gasteiger partial charge in [-0.15, -0.1) is 0 Å². The second kappa shape index (κ2) is 4.68. The van der Waals surface area contributed by atoms with Gasteiger partial charge in [0.2, 0.25) is 0 Å². The lowest BCUT2D eigenvalue weighted by Crippen LogP contribution is -2.65. The fourth-order valence-corrected chi connectivity index (χ4v) is 7.79. The van der Waals surface area contributed by atoms with Gasteiger partial charge in [0.15, 0.2) is 0 Å². The first-order chi connectivity index (χ1) is 11.7. The Balaban J connectivity index is 1.69. The van der Waals surface area contributed by atoms with Crippen molar-refractivity contribution in [2.24, 2.45) is 28.1 Å². The first-order valence-corrected chi connectivity index (χ1v) is 9.75. The predicted molar refractivity (Wildman–Crippen MR) is 90.6 cm³/mol. The number of aliphatic hydroxyl groups excluding tert-OH is 3. The number of hydrogen-bond acceptors (Lipinski definition) is 5. The van der Waals surface area contributed by atoms with Crippen LogP contribution in [-0.2, 0) is 4.74 Å². The van der Waals surface area contributed by atoms with Gasteiger partial charge in [-0.25, -0.2) is 0 Å². The summed E-state index contributed by atoms with van der Waals surface area (Å²) in [5.41, 5.74) is -0.541. The zero-order valence-electron chi connectivity index (χ0n) is 15.1. The van der Waals surface area contributed by atoms with Crippen molar-refractivity contribution in [3.63, 3.8) is 0 Å². The highest BCUT2D eigenvalue weighted by atomic mass is 16.5. The molecule has 0 radical (unpaired) electrons. The van der Waals surface area contributed by atoms with E-state index in [4.69, 9.17) is 4.74 Å². The highest BCUT2D eigenvalue weighted by Crippen LogP contribution is 2.75. The first kappa shape index (κ1) is 16.7. The Bertz CT molecular complexity index is 648. The molecular weight excluding hydrogens is 320 g/mol. The molecule has 4 N–H and O–H groups in total. The molecule has 0 aromatic rings. The van der Waals surface area contributed by atoms with Crippen molar-refractivity contribution in [1.82, 2.24) is 0 Å². The molecule has 1 spiro atoms. The normalized spacial score (nSPS) is 62.3. The van der Waals surface area contributed by atoms with Crippen LogP contribution in [0.3, 0.4) is 0 Å². The second-order valence-corrected chi connectivity index (χ2v) is 9.95. The van der Waals surface area contributed by atoms with E-state index in [9.17, 15) is 20.4 Å². The Morgan fingerprint density at radius 2 is 1.96 bits per heavy atom. The molecule has 0 unspecified atom stereocenters. The lowest BCUT2D eigenvalue weighted by Gasteiger charge is -2.65. The van der Waals surface area contributed by atoms with Gasteiger partial charge in [-0.1, -0.05) is 19.9 Å². The fraction of sp³-hybridized carbons (Fsp3) is 0.900. The third-order valence-corrected chi connectivity index (χ3v) is 9.20. The molecule has 3 saturated carbocycles. The second-order valence-electron chi connectivity index (χ2n) is 9.95. The van der Waals surface area contributed by atoms with E-state index >= 15 is 0 Å². The third-order valence-electron chi connectivity index (χ3n) is 9.20. The molecule has 0 amide bonds. The van der Waals surface area contributed by atoms with Crippen LogP contribution in [0.15, 0.2) is 11.6 Å². The minimum Gasteiger partial charge on any atom is -0.396 e. The summed E-state index contributed by atoms with van der Waals surface area (Å²) in [6, 6.07) is 0. The zero-order chi connectivity index (χ0) is 17.8. The summed E-state index contributed by atoms with van der Waals surface area (Å²) in [5, 5.41) is 42.9. The van der Waals surface area contributed by atoms with Crippen LogP contribution >= 0.6 is 0 Å². The minimum atomic E-state index is -0.723. The smallest absolute Gasteiger partial charge is 0.0937 e. The number of aliphatic hydroxyl groups is 4. The SMILES string of the molecule is C[C@@]1(CO)[C@H](O)CC[C@@]2(C)[C@H]1[C@@H](O)C=C1[C@H]3OC[C@@]4(O)CC[C@]12C[C@@H]34. The van der Waals surface area contributed by atoms with Crippen molar-refractivity contribution in [2.75, 3.05) is 13.2 Å². The molecule has 1 heterocycles. The topological polar surface area (TPSA) is 90.2 Å². The average Bonchev–Trinajstić information content (AvgIpc) is 3.05. The summed E-state index contributed by atoms with van der Waals surface area (Å²) >= 11 is 0. The zero-order valence-corrected chi connectivity index (χ0v) is 15.1. The van der Waals surface area contributed by atoms with Crippen LogP contribution in [0.4, 0.5) is 0 Å². The van der Waals surface area contributed by atoms with Gasteiger partial charge in [-0.05, 0) is 43.1 Å². The van der Waals surface area contributed by atoms with Gasteiger partial charge in [0, 0.05) is 22.7 Å². The highest BCUT2D eigenvalue weighted by molar-refractivity contribution is 5.41. The summed E-state index contributed by atoms with van der Waals surface area (Å²) in [6.07, 6.45) is 4.60. The van der Waals surface area contributed by atoms with Crippen LogP contribution in [-0.4, -0.2) is 57.6 Å². The standard InChI is InChI=1S/C20H30O5/c1-17(9-21)14(23)3-4-18(2)16(17)13(22)7-11-15-12-8-19(11,18)5-6-20(12,24)10-25-15/h7,12-16,21-24H,3-6,8-10H2,1-2H3/t12-,13-,14+,15+,16-,17+,18-,19-,20-/m0/s1. The fourth-order valence-electron chi connectivity index (χ4n) is 7.79. The summed E-state index contributed by atoms with van der Waals surface area (Å²) in [4.78, 5) is 0. The Morgan fingerprint density at radius 1 is 1.20 bits per heavy atom. The van der Waals surface area contributed by atoms with Gasteiger partial charge >= 0.3 is 0 Å². The van der Waals surface area contributed by atoms with Gasteiger partial charge in [-0.3, -0.25) is 0 Å². The molecule has 5 aliphatic rings. The molecule has 9 atom stereocenters. The van der Waals surface area contributed by atoms with Crippen LogP contribution in [0.5, 0.6) is 0 Å². The Labute approximate surface area is 148 Å². The molecule has 2 bridgehead atoms. The van der Waals surface area contributed by atoms with Gasteiger partial charge in [-0.2, -0.15) is 0 Å². The maximum absolute atomic E-state index is 11.1. The van der Waals surface area contributed by atoms with E-state index in [0.717, 1.165) is 25.7 Å². The Hall–Kier alpha value is -0.460. The average molecular weight is 350 g/mol. The van der Waals surface area contributed by atoms with E-state index in [0.29, 0.717) is 13.0 Å². The molecule has 1 saturated heterocycles. The van der Waals surface area contributed by atoms with Crippen molar-refractivity contribution in [3.05, 3.63) is 11.6 Å². The molecule has 25 heavy (non-hydrogen) atoms. The summed E-state index contributed by atoms with van der Waals surface area (Å²) in [6.45, 7) is 4.44. The molecule has 5 heteroatoms. The van der Waals surface area contributed by atoms with Crippen LogP contribution in [0.2, 0.25) is 0 Å². The van der Waals surface area contributed by atoms with Crippen molar-refractivity contribution in [1.29, 1.82) is 0 Å². The van der Waals surface area contributed by atoms with Gasteiger partial charge in [0.1, 0.15) is 0 Å². The summed E-state index contributed by atoms with van der Waals surface area (Å²) in [5.74, 6) is -0.0787. The number of rotatable bonds is 1. The largest absolute Gasteiger partial charge is 0.396 e. The minimum absolute atomic E-state index is 0.0767. The molecule has 1 aliphatic heterocycles. The van der Waals surface area contributed by atoms with Gasteiger partial charge < -0.3 is 25.2 Å². The molecule has 140 valence electrons. The summed E-state index contributed by atoms with van der Waals surface area (Å²) in [7, 11) is 0. The number of fused-ring (bicyclic) bond motifs is 2. The maximum atomic E-state index is 11.1. The van der Waals surface area contributed by atoms with Crippen LogP contribution in [0, 0.1) is 28.1 Å². The molecule has 0 aromatic heterocycles. The molecule has 4 fully saturated rings. The van der Waals surface area contributed by atoms with E-state index < -0.39 is 23.2 Å². The van der Waals surface area contributed by atoms with Crippen LogP contribution < -0.4 is 0 Å². The van der Waals surface area contributed by atoms with E-state index in [1.807, 2.05) is 13.0 Å².